The molecule has 1 aromatic carbocycles. The molecule has 0 radical (unpaired) electrons. The van der Waals surface area contributed by atoms with Crippen molar-refractivity contribution in [3.05, 3.63) is 45.7 Å². The van der Waals surface area contributed by atoms with Crippen molar-refractivity contribution in [2.75, 3.05) is 13.1 Å². The van der Waals surface area contributed by atoms with Crippen LogP contribution in [0.5, 0.6) is 0 Å². The van der Waals surface area contributed by atoms with Gasteiger partial charge in [-0.25, -0.2) is 0 Å². The first-order valence-electron chi connectivity index (χ1n) is 8.09. The van der Waals surface area contributed by atoms with E-state index in [9.17, 15) is 14.4 Å². The number of H-pyrrole nitrogens is 1. The molecule has 2 rings (SSSR count). The predicted molar refractivity (Wildman–Crippen MR) is 93.9 cm³/mol. The van der Waals surface area contributed by atoms with Crippen molar-refractivity contribution in [1.82, 2.24) is 15.6 Å². The van der Waals surface area contributed by atoms with Gasteiger partial charge >= 0.3 is 0 Å². The van der Waals surface area contributed by atoms with E-state index in [2.05, 4.69) is 15.6 Å². The van der Waals surface area contributed by atoms with Crippen molar-refractivity contribution in [3.8, 4) is 0 Å². The van der Waals surface area contributed by atoms with Crippen LogP contribution in [0.4, 0.5) is 0 Å². The summed E-state index contributed by atoms with van der Waals surface area (Å²) in [6, 6.07) is 7.73. The number of nitrogens with one attached hydrogen (secondary N) is 3. The number of aryl methyl sites for hydroxylation is 2. The minimum Gasteiger partial charge on any atom is -0.356 e. The molecule has 24 heavy (non-hydrogen) atoms. The molecule has 0 unspecified atom stereocenters. The fourth-order valence-corrected chi connectivity index (χ4v) is 2.46. The molecular formula is C18H23N3O3. The standard InChI is InChI=1S/C18H23N3O3/c1-12-4-5-14-11-15(18(24)21-16(14)10-12)6-7-17(23)20-9-3-8-19-13(2)22/h4-5,10-11H,3,6-9H2,1-2H3,(H,19,22)(H,20,23)(H,21,24). The molecule has 6 nitrogen and oxygen atoms in total. The Kier molecular flexibility index (Phi) is 6.12. The van der Waals surface area contributed by atoms with Gasteiger partial charge in [-0.2, -0.15) is 0 Å². The quantitative estimate of drug-likeness (QED) is 0.671. The summed E-state index contributed by atoms with van der Waals surface area (Å²) in [6.07, 6.45) is 1.35. The Labute approximate surface area is 140 Å². The number of aromatic nitrogens is 1. The van der Waals surface area contributed by atoms with Crippen LogP contribution in [0.15, 0.2) is 29.1 Å². The van der Waals surface area contributed by atoms with E-state index in [0.29, 0.717) is 31.5 Å². The summed E-state index contributed by atoms with van der Waals surface area (Å²) < 4.78 is 0. The molecule has 2 aromatic rings. The van der Waals surface area contributed by atoms with Gasteiger partial charge < -0.3 is 15.6 Å². The molecule has 0 aliphatic carbocycles. The Morgan fingerprint density at radius 2 is 1.88 bits per heavy atom. The molecule has 0 atom stereocenters. The Morgan fingerprint density at radius 3 is 2.62 bits per heavy atom. The van der Waals surface area contributed by atoms with Gasteiger partial charge in [0.25, 0.3) is 5.56 Å². The number of hydrogen-bond acceptors (Lipinski definition) is 3. The zero-order chi connectivity index (χ0) is 17.5. The summed E-state index contributed by atoms with van der Waals surface area (Å²) in [7, 11) is 0. The van der Waals surface area contributed by atoms with E-state index in [0.717, 1.165) is 16.5 Å². The molecule has 0 spiro atoms. The van der Waals surface area contributed by atoms with Crippen LogP contribution in [-0.4, -0.2) is 29.9 Å². The van der Waals surface area contributed by atoms with Crippen LogP contribution in [0, 0.1) is 6.92 Å². The highest BCUT2D eigenvalue weighted by Gasteiger charge is 2.07. The Balaban J connectivity index is 1.85. The zero-order valence-corrected chi connectivity index (χ0v) is 14.1. The molecule has 3 N–H and O–H groups in total. The van der Waals surface area contributed by atoms with Crippen LogP contribution >= 0.6 is 0 Å². The van der Waals surface area contributed by atoms with Crippen LogP contribution in [-0.2, 0) is 16.0 Å². The maximum absolute atomic E-state index is 12.1. The van der Waals surface area contributed by atoms with Crippen molar-refractivity contribution in [1.29, 1.82) is 0 Å². The molecule has 0 aliphatic rings. The third kappa shape index (κ3) is 5.22. The van der Waals surface area contributed by atoms with Crippen molar-refractivity contribution < 1.29 is 9.59 Å². The average molecular weight is 329 g/mol. The molecule has 0 saturated heterocycles. The second-order valence-corrected chi connectivity index (χ2v) is 5.90. The molecule has 2 amide bonds. The lowest BCUT2D eigenvalue weighted by atomic mass is 10.1. The summed E-state index contributed by atoms with van der Waals surface area (Å²) in [4.78, 5) is 37.5. The number of amides is 2. The van der Waals surface area contributed by atoms with Gasteiger partial charge in [0.1, 0.15) is 0 Å². The largest absolute Gasteiger partial charge is 0.356 e. The van der Waals surface area contributed by atoms with E-state index in [1.54, 1.807) is 0 Å². The molecule has 6 heteroatoms. The molecule has 0 bridgehead atoms. The Bertz CT molecular complexity index is 796. The van der Waals surface area contributed by atoms with Crippen molar-refractivity contribution in [3.63, 3.8) is 0 Å². The minimum atomic E-state index is -0.147. The average Bonchev–Trinajstić information content (AvgIpc) is 2.52. The topological polar surface area (TPSA) is 91.1 Å². The zero-order valence-electron chi connectivity index (χ0n) is 14.1. The van der Waals surface area contributed by atoms with Crippen molar-refractivity contribution in [2.24, 2.45) is 0 Å². The second kappa shape index (κ2) is 8.29. The smallest absolute Gasteiger partial charge is 0.251 e. The first kappa shape index (κ1) is 17.7. The fraction of sp³-hybridized carbons (Fsp3) is 0.389. The molecule has 128 valence electrons. The third-order valence-corrected chi connectivity index (χ3v) is 3.75. The number of carbonyl (C=O) groups excluding carboxylic acids is 2. The van der Waals surface area contributed by atoms with Crippen molar-refractivity contribution in [2.45, 2.75) is 33.1 Å². The summed E-state index contributed by atoms with van der Waals surface area (Å²) >= 11 is 0. The van der Waals surface area contributed by atoms with Crippen LogP contribution < -0.4 is 16.2 Å². The van der Waals surface area contributed by atoms with Crippen LogP contribution in [0.1, 0.15) is 30.9 Å². The number of carbonyl (C=O) groups is 2. The minimum absolute atomic E-state index is 0.0768. The predicted octanol–water partition coefficient (Wildman–Crippen LogP) is 1.41. The molecule has 0 saturated carbocycles. The number of benzene rings is 1. The van der Waals surface area contributed by atoms with Crippen LogP contribution in [0.3, 0.4) is 0 Å². The summed E-state index contributed by atoms with van der Waals surface area (Å²) in [6.45, 7) is 4.48. The summed E-state index contributed by atoms with van der Waals surface area (Å²) in [5, 5.41) is 6.42. The van der Waals surface area contributed by atoms with Gasteiger partial charge in [-0.15, -0.1) is 0 Å². The monoisotopic (exact) mass is 329 g/mol. The maximum atomic E-state index is 12.1. The molecule has 0 aliphatic heterocycles. The van der Waals surface area contributed by atoms with Gasteiger partial charge in [0.15, 0.2) is 0 Å². The van der Waals surface area contributed by atoms with Gasteiger partial charge in [-0.05, 0) is 42.8 Å². The van der Waals surface area contributed by atoms with E-state index in [1.165, 1.54) is 6.92 Å². The number of hydrogen-bond donors (Lipinski definition) is 3. The van der Waals surface area contributed by atoms with Crippen molar-refractivity contribution >= 4 is 22.7 Å². The third-order valence-electron chi connectivity index (χ3n) is 3.75. The fourth-order valence-electron chi connectivity index (χ4n) is 2.46. The summed E-state index contributed by atoms with van der Waals surface area (Å²) in [5.74, 6) is -0.173. The number of aromatic amines is 1. The lowest BCUT2D eigenvalue weighted by molar-refractivity contribution is -0.121. The Hall–Kier alpha value is -2.63. The van der Waals surface area contributed by atoms with Gasteiger partial charge in [0, 0.05) is 37.5 Å². The Morgan fingerprint density at radius 1 is 1.12 bits per heavy atom. The molecule has 0 fully saturated rings. The van der Waals surface area contributed by atoms with Gasteiger partial charge in [-0.3, -0.25) is 14.4 Å². The molecule has 1 heterocycles. The van der Waals surface area contributed by atoms with E-state index < -0.39 is 0 Å². The van der Waals surface area contributed by atoms with Gasteiger partial charge in [0.05, 0.1) is 0 Å². The van der Waals surface area contributed by atoms with Crippen LogP contribution in [0.2, 0.25) is 0 Å². The van der Waals surface area contributed by atoms with Gasteiger partial charge in [0.2, 0.25) is 11.8 Å². The lowest BCUT2D eigenvalue weighted by Gasteiger charge is -2.06. The normalized spacial score (nSPS) is 10.6. The highest BCUT2D eigenvalue weighted by Crippen LogP contribution is 2.13. The summed E-state index contributed by atoms with van der Waals surface area (Å²) in [5.41, 5.74) is 2.36. The first-order valence-corrected chi connectivity index (χ1v) is 8.09. The SMILES string of the molecule is CC(=O)NCCCNC(=O)CCc1cc2ccc(C)cc2[nH]c1=O. The highest BCUT2D eigenvalue weighted by molar-refractivity contribution is 5.80. The number of pyridine rings is 1. The first-order chi connectivity index (χ1) is 11.5. The van der Waals surface area contributed by atoms with Gasteiger partial charge in [-0.1, -0.05) is 12.1 Å². The molecular weight excluding hydrogens is 306 g/mol. The van der Waals surface area contributed by atoms with E-state index in [1.807, 2.05) is 31.2 Å². The number of fused-ring (bicyclic) bond motifs is 1. The highest BCUT2D eigenvalue weighted by atomic mass is 16.2. The number of rotatable bonds is 7. The van der Waals surface area contributed by atoms with E-state index >= 15 is 0 Å². The van der Waals surface area contributed by atoms with E-state index in [4.69, 9.17) is 0 Å². The van der Waals surface area contributed by atoms with Crippen LogP contribution in [0.25, 0.3) is 10.9 Å². The maximum Gasteiger partial charge on any atom is 0.251 e. The van der Waals surface area contributed by atoms with E-state index in [-0.39, 0.29) is 23.8 Å². The lowest BCUT2D eigenvalue weighted by Crippen LogP contribution is -2.29. The second-order valence-electron chi connectivity index (χ2n) is 5.90. The molecule has 1 aromatic heterocycles.